The molecule has 1 saturated carbocycles. The number of hydrogen-bond acceptors (Lipinski definition) is 2. The van der Waals surface area contributed by atoms with E-state index in [1.54, 1.807) is 0 Å². The van der Waals surface area contributed by atoms with Gasteiger partial charge in [-0.2, -0.15) is 10.2 Å². The van der Waals surface area contributed by atoms with E-state index in [9.17, 15) is 0 Å². The highest BCUT2D eigenvalue weighted by atomic mass is 15.1. The van der Waals surface area contributed by atoms with Crippen molar-refractivity contribution >= 4 is 10.9 Å². The van der Waals surface area contributed by atoms with Gasteiger partial charge in [0.25, 0.3) is 0 Å². The van der Waals surface area contributed by atoms with Gasteiger partial charge in [-0.15, -0.1) is 0 Å². The lowest BCUT2D eigenvalue weighted by atomic mass is 9.68. The van der Waals surface area contributed by atoms with Gasteiger partial charge < -0.3 is 0 Å². The van der Waals surface area contributed by atoms with Crippen molar-refractivity contribution in [2.75, 3.05) is 0 Å². The summed E-state index contributed by atoms with van der Waals surface area (Å²) in [6.45, 7) is 0. The molecule has 0 N–H and O–H groups in total. The van der Waals surface area contributed by atoms with Crippen LogP contribution in [-0.2, 0) is 0 Å². The summed E-state index contributed by atoms with van der Waals surface area (Å²) in [5.74, 6) is 1.44. The fraction of sp³-hybridized carbons (Fsp3) is 0.429. The van der Waals surface area contributed by atoms with Crippen LogP contribution in [0.25, 0.3) is 10.9 Å². The predicted molar refractivity (Wildman–Crippen MR) is 63.5 cm³/mol. The molecule has 2 heteroatoms. The smallest absolute Gasteiger partial charge is 0.0932 e. The highest BCUT2D eigenvalue weighted by Crippen LogP contribution is 2.49. The molecule has 1 fully saturated rings. The van der Waals surface area contributed by atoms with E-state index in [0.29, 0.717) is 5.92 Å². The number of hydrogen-bond donors (Lipinski definition) is 0. The third kappa shape index (κ3) is 1.02. The number of rotatable bonds is 0. The van der Waals surface area contributed by atoms with Gasteiger partial charge in [0.05, 0.1) is 11.2 Å². The summed E-state index contributed by atoms with van der Waals surface area (Å²) >= 11 is 0. The van der Waals surface area contributed by atoms with E-state index in [-0.39, 0.29) is 0 Å². The van der Waals surface area contributed by atoms with Gasteiger partial charge in [-0.05, 0) is 43.2 Å². The van der Waals surface area contributed by atoms with Crippen LogP contribution >= 0.6 is 0 Å². The molecule has 0 aliphatic heterocycles. The van der Waals surface area contributed by atoms with Crippen LogP contribution in [0.4, 0.5) is 0 Å². The Labute approximate surface area is 94.7 Å². The van der Waals surface area contributed by atoms with E-state index in [4.69, 9.17) is 0 Å². The Bertz CT molecular complexity index is 554. The second-order valence-electron chi connectivity index (χ2n) is 5.06. The van der Waals surface area contributed by atoms with Crippen molar-refractivity contribution in [3.05, 3.63) is 35.5 Å². The van der Waals surface area contributed by atoms with Crippen LogP contribution in [0.5, 0.6) is 0 Å². The van der Waals surface area contributed by atoms with Gasteiger partial charge in [-0.1, -0.05) is 18.2 Å². The Morgan fingerprint density at radius 1 is 0.875 bits per heavy atom. The van der Waals surface area contributed by atoms with E-state index in [2.05, 4.69) is 28.4 Å². The third-order valence-corrected chi connectivity index (χ3v) is 4.26. The van der Waals surface area contributed by atoms with Crippen LogP contribution in [0.3, 0.4) is 0 Å². The maximum absolute atomic E-state index is 4.48. The quantitative estimate of drug-likeness (QED) is 0.666. The van der Waals surface area contributed by atoms with Crippen molar-refractivity contribution in [2.24, 2.45) is 0 Å². The van der Waals surface area contributed by atoms with E-state index in [1.165, 1.54) is 42.3 Å². The normalized spacial score (nSPS) is 27.0. The lowest BCUT2D eigenvalue weighted by Crippen LogP contribution is -2.23. The molecule has 1 aromatic carbocycles. The molecule has 2 aromatic rings. The van der Waals surface area contributed by atoms with Crippen molar-refractivity contribution in [1.82, 2.24) is 10.2 Å². The van der Waals surface area contributed by atoms with Crippen molar-refractivity contribution < 1.29 is 0 Å². The number of benzene rings is 1. The van der Waals surface area contributed by atoms with Crippen LogP contribution in [0.2, 0.25) is 0 Å². The van der Waals surface area contributed by atoms with E-state index < -0.39 is 0 Å². The molecular formula is C14H14N2. The molecule has 3 aliphatic rings. The predicted octanol–water partition coefficient (Wildman–Crippen LogP) is 3.38. The van der Waals surface area contributed by atoms with E-state index in [0.717, 1.165) is 11.4 Å². The lowest BCUT2D eigenvalue weighted by molar-refractivity contribution is 0.351. The molecule has 0 spiro atoms. The summed E-state index contributed by atoms with van der Waals surface area (Å²) in [5.41, 5.74) is 3.89. The second-order valence-corrected chi connectivity index (χ2v) is 5.06. The van der Waals surface area contributed by atoms with E-state index >= 15 is 0 Å². The summed E-state index contributed by atoms with van der Waals surface area (Å²) in [7, 11) is 0. The van der Waals surface area contributed by atoms with Crippen LogP contribution in [0, 0.1) is 0 Å². The Morgan fingerprint density at radius 2 is 1.62 bits per heavy atom. The van der Waals surface area contributed by atoms with Gasteiger partial charge in [-0.3, -0.25) is 0 Å². The molecule has 16 heavy (non-hydrogen) atoms. The van der Waals surface area contributed by atoms with E-state index in [1.807, 2.05) is 6.07 Å². The maximum atomic E-state index is 4.48. The highest BCUT2D eigenvalue weighted by Gasteiger charge is 2.35. The number of aromatic nitrogens is 2. The Morgan fingerprint density at radius 3 is 2.50 bits per heavy atom. The zero-order chi connectivity index (χ0) is 10.5. The first-order valence-corrected chi connectivity index (χ1v) is 6.18. The molecule has 2 nitrogen and oxygen atoms in total. The Hall–Kier alpha value is -1.44. The summed E-state index contributed by atoms with van der Waals surface area (Å²) in [5, 5.41) is 10.2. The molecule has 80 valence electrons. The molecule has 5 rings (SSSR count). The maximum Gasteiger partial charge on any atom is 0.0932 e. The zero-order valence-corrected chi connectivity index (χ0v) is 9.19. The first-order valence-electron chi connectivity index (χ1n) is 6.18. The minimum absolute atomic E-state index is 0.692. The molecule has 0 atom stereocenters. The standard InChI is InChI=1S/C14H14N2/c1-2-4-12-11(3-1)13-9-5-7-10(8-6-9)14(13)16-15-12/h1-4,9-10H,5-8H2. The highest BCUT2D eigenvalue weighted by molar-refractivity contribution is 5.83. The summed E-state index contributed by atoms with van der Waals surface area (Å²) in [6.07, 6.45) is 5.36. The van der Waals surface area contributed by atoms with Gasteiger partial charge in [0.2, 0.25) is 0 Å². The number of fused-ring (bicyclic) bond motifs is 3. The van der Waals surface area contributed by atoms with Crippen molar-refractivity contribution in [3.63, 3.8) is 0 Å². The fourth-order valence-corrected chi connectivity index (χ4v) is 3.47. The molecule has 0 saturated heterocycles. The van der Waals surface area contributed by atoms with Crippen LogP contribution in [0.1, 0.15) is 48.8 Å². The molecular weight excluding hydrogens is 196 g/mol. The average molecular weight is 210 g/mol. The molecule has 0 unspecified atom stereocenters. The fourth-order valence-electron chi connectivity index (χ4n) is 3.47. The average Bonchev–Trinajstić information content (AvgIpc) is 2.40. The SMILES string of the molecule is c1ccc2c3c(nnc2c1)C1CCC3CC1. The molecule has 0 radical (unpaired) electrons. The van der Waals surface area contributed by atoms with Gasteiger partial charge in [0.1, 0.15) is 0 Å². The lowest BCUT2D eigenvalue weighted by Gasteiger charge is -2.37. The largest absolute Gasteiger partial charge is 0.154 e. The Kier molecular flexibility index (Phi) is 1.65. The number of nitrogens with zero attached hydrogens (tertiary/aromatic N) is 2. The van der Waals surface area contributed by atoms with Gasteiger partial charge in [0, 0.05) is 11.3 Å². The van der Waals surface area contributed by atoms with Gasteiger partial charge >= 0.3 is 0 Å². The van der Waals surface area contributed by atoms with Crippen LogP contribution in [-0.4, -0.2) is 10.2 Å². The van der Waals surface area contributed by atoms with Gasteiger partial charge in [-0.25, -0.2) is 0 Å². The molecule has 0 amide bonds. The summed E-state index contributed by atoms with van der Waals surface area (Å²) in [6, 6.07) is 8.45. The minimum Gasteiger partial charge on any atom is -0.154 e. The van der Waals surface area contributed by atoms with Crippen molar-refractivity contribution in [1.29, 1.82) is 0 Å². The second kappa shape index (κ2) is 3.03. The van der Waals surface area contributed by atoms with Crippen molar-refractivity contribution in [3.8, 4) is 0 Å². The Balaban J connectivity index is 2.10. The summed E-state index contributed by atoms with van der Waals surface area (Å²) < 4.78 is 0. The minimum atomic E-state index is 0.692. The molecule has 3 aliphatic carbocycles. The molecule has 2 bridgehead atoms. The first kappa shape index (κ1) is 8.68. The topological polar surface area (TPSA) is 25.8 Å². The van der Waals surface area contributed by atoms with Crippen LogP contribution < -0.4 is 0 Å². The monoisotopic (exact) mass is 210 g/mol. The van der Waals surface area contributed by atoms with Crippen molar-refractivity contribution in [2.45, 2.75) is 37.5 Å². The summed E-state index contributed by atoms with van der Waals surface area (Å²) in [4.78, 5) is 0. The first-order chi connectivity index (χ1) is 7.93. The third-order valence-electron chi connectivity index (χ3n) is 4.26. The van der Waals surface area contributed by atoms with Gasteiger partial charge in [0.15, 0.2) is 0 Å². The van der Waals surface area contributed by atoms with Crippen LogP contribution in [0.15, 0.2) is 24.3 Å². The molecule has 1 heterocycles. The molecule has 1 aromatic heterocycles. The zero-order valence-electron chi connectivity index (χ0n) is 9.19.